The molecular formula is C11H18N2O3S2. The van der Waals surface area contributed by atoms with Crippen LogP contribution in [0.2, 0.25) is 0 Å². The smallest absolute Gasteiger partial charge is 0.327 e. The Morgan fingerprint density at radius 1 is 1.22 bits per heavy atom. The maximum absolute atomic E-state index is 12.4. The molecule has 2 heterocycles. The molecule has 0 bridgehead atoms. The first kappa shape index (κ1) is 13.9. The number of urea groups is 1. The summed E-state index contributed by atoms with van der Waals surface area (Å²) in [7, 11) is 0. The van der Waals surface area contributed by atoms with Crippen molar-refractivity contribution in [3.8, 4) is 0 Å². The Kier molecular flexibility index (Phi) is 4.32. The van der Waals surface area contributed by atoms with Gasteiger partial charge in [0, 0.05) is 29.3 Å². The molecule has 0 saturated carbocycles. The zero-order valence-corrected chi connectivity index (χ0v) is 12.2. The Labute approximate surface area is 115 Å². The maximum Gasteiger partial charge on any atom is 0.327 e. The van der Waals surface area contributed by atoms with Crippen molar-refractivity contribution in [2.45, 2.75) is 30.4 Å². The van der Waals surface area contributed by atoms with E-state index >= 15 is 0 Å². The van der Waals surface area contributed by atoms with Gasteiger partial charge in [-0.15, -0.1) is 11.8 Å². The Morgan fingerprint density at radius 2 is 1.83 bits per heavy atom. The van der Waals surface area contributed by atoms with E-state index in [-0.39, 0.29) is 6.03 Å². The van der Waals surface area contributed by atoms with E-state index in [9.17, 15) is 9.59 Å². The van der Waals surface area contributed by atoms with Gasteiger partial charge in [0.2, 0.25) is 0 Å². The molecule has 3 atom stereocenters. The Bertz CT molecular complexity index is 343. The molecule has 0 aromatic carbocycles. The van der Waals surface area contributed by atoms with Crippen LogP contribution in [0.3, 0.4) is 0 Å². The third kappa shape index (κ3) is 2.88. The van der Waals surface area contributed by atoms with Crippen molar-refractivity contribution in [1.29, 1.82) is 0 Å². The van der Waals surface area contributed by atoms with Gasteiger partial charge in [0.05, 0.1) is 5.88 Å². The molecule has 18 heavy (non-hydrogen) atoms. The van der Waals surface area contributed by atoms with Crippen molar-refractivity contribution in [3.63, 3.8) is 0 Å². The van der Waals surface area contributed by atoms with E-state index < -0.39 is 12.0 Å². The molecule has 1 N–H and O–H groups in total. The molecule has 0 radical (unpaired) electrons. The largest absolute Gasteiger partial charge is 0.480 e. The minimum absolute atomic E-state index is 0.119. The third-order valence-electron chi connectivity index (χ3n) is 3.10. The summed E-state index contributed by atoms with van der Waals surface area (Å²) in [4.78, 5) is 26.8. The summed E-state index contributed by atoms with van der Waals surface area (Å²) in [6.45, 7) is 5.63. The van der Waals surface area contributed by atoms with Crippen LogP contribution < -0.4 is 0 Å². The lowest BCUT2D eigenvalue weighted by molar-refractivity contribution is -0.140. The van der Waals surface area contributed by atoms with Gasteiger partial charge in [0.15, 0.2) is 0 Å². The standard InChI is InChI=1S/C11H18N2O3S2/c1-7-3-12(4-8(2)18-7)11(16)13-6-17-5-9(13)10(14)15/h7-9H,3-6H2,1-2H3,(H,14,15)/t7?,8?,9-/m0/s1. The number of hydrogen-bond donors (Lipinski definition) is 1. The minimum atomic E-state index is -0.902. The van der Waals surface area contributed by atoms with E-state index in [0.29, 0.717) is 35.2 Å². The van der Waals surface area contributed by atoms with E-state index in [1.54, 1.807) is 4.90 Å². The number of amides is 2. The molecule has 7 heteroatoms. The van der Waals surface area contributed by atoms with Gasteiger partial charge >= 0.3 is 12.0 Å². The number of hydrogen-bond acceptors (Lipinski definition) is 4. The van der Waals surface area contributed by atoms with Crippen LogP contribution in [0.15, 0.2) is 0 Å². The van der Waals surface area contributed by atoms with Crippen LogP contribution in [0.1, 0.15) is 13.8 Å². The highest BCUT2D eigenvalue weighted by Crippen LogP contribution is 2.28. The SMILES string of the molecule is CC1CN(C(=O)N2CSC[C@H]2C(=O)O)CC(C)S1. The highest BCUT2D eigenvalue weighted by Gasteiger charge is 2.38. The van der Waals surface area contributed by atoms with Crippen molar-refractivity contribution in [3.05, 3.63) is 0 Å². The van der Waals surface area contributed by atoms with Crippen molar-refractivity contribution < 1.29 is 14.7 Å². The van der Waals surface area contributed by atoms with Gasteiger partial charge in [-0.3, -0.25) is 0 Å². The van der Waals surface area contributed by atoms with E-state index in [4.69, 9.17) is 5.11 Å². The van der Waals surface area contributed by atoms with Crippen molar-refractivity contribution in [2.24, 2.45) is 0 Å². The molecule has 5 nitrogen and oxygen atoms in total. The van der Waals surface area contributed by atoms with Crippen LogP contribution >= 0.6 is 23.5 Å². The Balaban J connectivity index is 2.04. The van der Waals surface area contributed by atoms with Crippen LogP contribution in [0.25, 0.3) is 0 Å². The summed E-state index contributed by atoms with van der Waals surface area (Å²) < 4.78 is 0. The average molecular weight is 290 g/mol. The lowest BCUT2D eigenvalue weighted by Crippen LogP contribution is -2.53. The maximum atomic E-state index is 12.4. The first-order valence-electron chi connectivity index (χ1n) is 6.00. The predicted octanol–water partition coefficient (Wildman–Crippen LogP) is 1.39. The van der Waals surface area contributed by atoms with Crippen molar-refractivity contribution in [2.75, 3.05) is 24.7 Å². The Hall–Kier alpha value is -0.560. The molecule has 0 aromatic heterocycles. The molecule has 102 valence electrons. The fourth-order valence-electron chi connectivity index (χ4n) is 2.35. The van der Waals surface area contributed by atoms with Gasteiger partial charge < -0.3 is 14.9 Å². The highest BCUT2D eigenvalue weighted by molar-refractivity contribution is 8.00. The number of carbonyl (C=O) groups excluding carboxylic acids is 1. The molecule has 0 spiro atoms. The van der Waals surface area contributed by atoms with Gasteiger partial charge in [-0.25, -0.2) is 9.59 Å². The van der Waals surface area contributed by atoms with Crippen LogP contribution in [0.4, 0.5) is 4.79 Å². The van der Waals surface area contributed by atoms with Gasteiger partial charge in [-0.2, -0.15) is 11.8 Å². The van der Waals surface area contributed by atoms with Gasteiger partial charge in [0.1, 0.15) is 6.04 Å². The molecule has 2 rings (SSSR count). The molecule has 2 unspecified atom stereocenters. The summed E-state index contributed by atoms with van der Waals surface area (Å²) in [5, 5.41) is 9.93. The van der Waals surface area contributed by atoms with Crippen molar-refractivity contribution in [1.82, 2.24) is 9.80 Å². The molecule has 2 saturated heterocycles. The summed E-state index contributed by atoms with van der Waals surface area (Å²) in [6.07, 6.45) is 0. The van der Waals surface area contributed by atoms with Gasteiger partial charge in [-0.05, 0) is 0 Å². The second-order valence-corrected chi connectivity index (χ2v) is 7.65. The molecule has 2 aliphatic rings. The summed E-state index contributed by atoms with van der Waals surface area (Å²) in [6, 6.07) is -0.783. The molecule has 2 fully saturated rings. The molecule has 2 aliphatic heterocycles. The lowest BCUT2D eigenvalue weighted by atomic mass is 10.3. The molecule has 2 amide bonds. The number of carboxylic acid groups (broad SMARTS) is 1. The monoisotopic (exact) mass is 290 g/mol. The number of carboxylic acids is 1. The van der Waals surface area contributed by atoms with Crippen LogP contribution in [-0.4, -0.2) is 68.2 Å². The fourth-order valence-corrected chi connectivity index (χ4v) is 4.81. The molecular weight excluding hydrogens is 272 g/mol. The van der Waals surface area contributed by atoms with E-state index in [1.807, 2.05) is 11.8 Å². The van der Waals surface area contributed by atoms with E-state index in [0.717, 1.165) is 0 Å². The Morgan fingerprint density at radius 3 is 2.39 bits per heavy atom. The summed E-state index contributed by atoms with van der Waals surface area (Å²) in [5.74, 6) is 0.0811. The first-order chi connectivity index (χ1) is 8.49. The first-order valence-corrected chi connectivity index (χ1v) is 8.10. The normalized spacial score (nSPS) is 32.7. The van der Waals surface area contributed by atoms with E-state index in [2.05, 4.69) is 13.8 Å². The number of nitrogens with zero attached hydrogens (tertiary/aromatic N) is 2. The number of aliphatic carboxylic acids is 1. The third-order valence-corrected chi connectivity index (χ3v) is 5.34. The summed E-state index contributed by atoms with van der Waals surface area (Å²) >= 11 is 3.38. The van der Waals surface area contributed by atoms with Gasteiger partial charge in [-0.1, -0.05) is 13.8 Å². The van der Waals surface area contributed by atoms with Crippen molar-refractivity contribution >= 4 is 35.5 Å². The summed E-state index contributed by atoms with van der Waals surface area (Å²) in [5.41, 5.74) is 0. The van der Waals surface area contributed by atoms with Gasteiger partial charge in [0.25, 0.3) is 0 Å². The predicted molar refractivity (Wildman–Crippen MR) is 74.1 cm³/mol. The number of rotatable bonds is 1. The second-order valence-electron chi connectivity index (χ2n) is 4.77. The fraction of sp³-hybridized carbons (Fsp3) is 0.818. The van der Waals surface area contributed by atoms with E-state index in [1.165, 1.54) is 16.7 Å². The van der Waals surface area contributed by atoms with Crippen LogP contribution in [-0.2, 0) is 4.79 Å². The quantitative estimate of drug-likeness (QED) is 0.791. The molecule has 0 aliphatic carbocycles. The second kappa shape index (κ2) is 5.61. The average Bonchev–Trinajstić information content (AvgIpc) is 2.75. The number of thioether (sulfide) groups is 2. The van der Waals surface area contributed by atoms with Crippen LogP contribution in [0, 0.1) is 0 Å². The highest BCUT2D eigenvalue weighted by atomic mass is 32.2. The zero-order valence-electron chi connectivity index (χ0n) is 10.5. The minimum Gasteiger partial charge on any atom is -0.480 e. The zero-order chi connectivity index (χ0) is 13.3. The number of carbonyl (C=O) groups is 2. The van der Waals surface area contributed by atoms with Crippen LogP contribution in [0.5, 0.6) is 0 Å². The molecule has 0 aromatic rings. The lowest BCUT2D eigenvalue weighted by Gasteiger charge is -2.37. The topological polar surface area (TPSA) is 60.9 Å².